The van der Waals surface area contributed by atoms with Crippen molar-refractivity contribution in [1.82, 2.24) is 20.0 Å². The quantitative estimate of drug-likeness (QED) is 0.207. The fraction of sp³-hybridized carbons (Fsp3) is 0.600. The normalized spacial score (nSPS) is 20.6. The largest absolute Gasteiger partial charge is 0.369 e. The Kier molecular flexibility index (Phi) is 12.8. The number of hydrogen-bond donors (Lipinski definition) is 2. The number of nitrogens with two attached hydrogens (primary N) is 1. The van der Waals surface area contributed by atoms with Crippen LogP contribution in [0.4, 0.5) is 0 Å². The Morgan fingerprint density at radius 3 is 2.61 bits per heavy atom. The van der Waals surface area contributed by atoms with Crippen LogP contribution >= 0.6 is 24.0 Å². The molecule has 0 spiro atoms. The van der Waals surface area contributed by atoms with Gasteiger partial charge in [-0.2, -0.15) is 0 Å². The number of piperazine rings is 1. The Hall–Kier alpha value is -1.65. The smallest absolute Gasteiger partial charge is 0.221 e. The van der Waals surface area contributed by atoms with Crippen molar-refractivity contribution < 1.29 is 4.79 Å². The fourth-order valence-electron chi connectivity index (χ4n) is 4.44. The standard InChI is InChI=1S/C25H40N6O.HI/c1-2-27-25(28-13-8-16-30-15-7-12-23(21-30)24(26)32)31-19-17-29(18-20-31)14-6-11-22-9-4-3-5-10-22;/h3-6,9-11,23H,2,7-8,12-21H2,1H3,(H2,26,32)(H,27,28);1H/b11-6+;. The van der Waals surface area contributed by atoms with Crippen molar-refractivity contribution in [2.75, 3.05) is 65.4 Å². The maximum atomic E-state index is 11.5. The molecule has 7 nitrogen and oxygen atoms in total. The number of carbonyl (C=O) groups excluding carboxylic acids is 1. The second-order valence-corrected chi connectivity index (χ2v) is 8.73. The number of rotatable bonds is 9. The number of likely N-dealkylation sites (tertiary alicyclic amines) is 1. The first kappa shape index (κ1) is 27.6. The Morgan fingerprint density at radius 2 is 1.91 bits per heavy atom. The number of aliphatic imine (C=N–C) groups is 1. The average molecular weight is 569 g/mol. The van der Waals surface area contributed by atoms with Crippen molar-refractivity contribution in [3.05, 3.63) is 42.0 Å². The van der Waals surface area contributed by atoms with Gasteiger partial charge in [-0.15, -0.1) is 24.0 Å². The van der Waals surface area contributed by atoms with E-state index < -0.39 is 0 Å². The Morgan fingerprint density at radius 1 is 1.15 bits per heavy atom. The zero-order valence-electron chi connectivity index (χ0n) is 20.0. The summed E-state index contributed by atoms with van der Waals surface area (Å²) < 4.78 is 0. The molecular weight excluding hydrogens is 527 g/mol. The third-order valence-corrected chi connectivity index (χ3v) is 6.28. The molecule has 1 atom stereocenters. The van der Waals surface area contributed by atoms with Gasteiger partial charge < -0.3 is 20.9 Å². The van der Waals surface area contributed by atoms with Gasteiger partial charge >= 0.3 is 0 Å². The lowest BCUT2D eigenvalue weighted by molar-refractivity contribution is -0.123. The lowest BCUT2D eigenvalue weighted by Gasteiger charge is -2.36. The van der Waals surface area contributed by atoms with E-state index in [1.807, 2.05) is 6.07 Å². The highest BCUT2D eigenvalue weighted by Gasteiger charge is 2.23. The zero-order valence-corrected chi connectivity index (χ0v) is 22.3. The average Bonchev–Trinajstić information content (AvgIpc) is 2.82. The molecule has 2 fully saturated rings. The summed E-state index contributed by atoms with van der Waals surface area (Å²) in [5, 5.41) is 3.46. The number of carbonyl (C=O) groups is 1. The van der Waals surface area contributed by atoms with Gasteiger partial charge in [-0.05, 0) is 44.8 Å². The van der Waals surface area contributed by atoms with E-state index in [1.54, 1.807) is 0 Å². The first-order chi connectivity index (χ1) is 15.7. The number of hydrogen-bond acceptors (Lipinski definition) is 4. The van der Waals surface area contributed by atoms with Crippen LogP contribution in [0, 0.1) is 5.92 Å². The van der Waals surface area contributed by atoms with Gasteiger partial charge in [-0.1, -0.05) is 42.5 Å². The molecule has 2 aliphatic heterocycles. The number of piperidine rings is 1. The Bertz CT molecular complexity index is 749. The van der Waals surface area contributed by atoms with Crippen molar-refractivity contribution in [3.8, 4) is 0 Å². The Labute approximate surface area is 216 Å². The van der Waals surface area contributed by atoms with Gasteiger partial charge in [0.2, 0.25) is 5.91 Å². The zero-order chi connectivity index (χ0) is 22.6. The third-order valence-electron chi connectivity index (χ3n) is 6.28. The lowest BCUT2D eigenvalue weighted by Crippen LogP contribution is -2.52. The molecule has 3 rings (SSSR count). The molecule has 0 bridgehead atoms. The Balaban J connectivity index is 0.00000385. The summed E-state index contributed by atoms with van der Waals surface area (Å²) >= 11 is 0. The molecule has 2 heterocycles. The highest BCUT2D eigenvalue weighted by molar-refractivity contribution is 14.0. The molecule has 0 saturated carbocycles. The number of halogens is 1. The summed E-state index contributed by atoms with van der Waals surface area (Å²) in [5.74, 6) is 0.890. The molecule has 1 unspecified atom stereocenters. The van der Waals surface area contributed by atoms with Gasteiger partial charge in [0.1, 0.15) is 0 Å². The van der Waals surface area contributed by atoms with E-state index in [1.165, 1.54) is 5.56 Å². The van der Waals surface area contributed by atoms with Crippen molar-refractivity contribution in [3.63, 3.8) is 0 Å². The highest BCUT2D eigenvalue weighted by atomic mass is 127. The number of amides is 1. The predicted molar refractivity (Wildman–Crippen MR) is 148 cm³/mol. The van der Waals surface area contributed by atoms with Gasteiger partial charge in [0.05, 0.1) is 5.92 Å². The van der Waals surface area contributed by atoms with Crippen LogP contribution in [0.25, 0.3) is 6.08 Å². The van der Waals surface area contributed by atoms with Gasteiger partial charge in [-0.3, -0.25) is 14.7 Å². The summed E-state index contributed by atoms with van der Waals surface area (Å²) in [4.78, 5) is 23.6. The minimum Gasteiger partial charge on any atom is -0.369 e. The van der Waals surface area contributed by atoms with E-state index in [-0.39, 0.29) is 35.8 Å². The van der Waals surface area contributed by atoms with E-state index in [0.29, 0.717) is 0 Å². The van der Waals surface area contributed by atoms with Crippen molar-refractivity contribution >= 4 is 41.9 Å². The first-order valence-corrected chi connectivity index (χ1v) is 12.1. The van der Waals surface area contributed by atoms with Crippen molar-refractivity contribution in [2.45, 2.75) is 26.2 Å². The molecule has 0 aliphatic carbocycles. The van der Waals surface area contributed by atoms with Crippen LogP contribution in [-0.4, -0.2) is 92.0 Å². The molecule has 1 aromatic rings. The molecule has 2 aliphatic rings. The molecule has 3 N–H and O–H groups in total. The molecule has 184 valence electrons. The first-order valence-electron chi connectivity index (χ1n) is 12.1. The van der Waals surface area contributed by atoms with Crippen LogP contribution in [0.1, 0.15) is 31.7 Å². The highest BCUT2D eigenvalue weighted by Crippen LogP contribution is 2.16. The summed E-state index contributed by atoms with van der Waals surface area (Å²) in [6.07, 6.45) is 7.46. The van der Waals surface area contributed by atoms with Crippen molar-refractivity contribution in [1.29, 1.82) is 0 Å². The van der Waals surface area contributed by atoms with Crippen LogP contribution in [0.3, 0.4) is 0 Å². The fourth-order valence-corrected chi connectivity index (χ4v) is 4.44. The molecular formula is C25H41IN6O. The summed E-state index contributed by atoms with van der Waals surface area (Å²) in [6, 6.07) is 10.5. The number of primary amides is 1. The minimum absolute atomic E-state index is 0. The second-order valence-electron chi connectivity index (χ2n) is 8.73. The molecule has 0 aromatic heterocycles. The monoisotopic (exact) mass is 568 g/mol. The van der Waals surface area contributed by atoms with Gasteiger partial charge in [0.25, 0.3) is 0 Å². The maximum Gasteiger partial charge on any atom is 0.221 e. The van der Waals surface area contributed by atoms with Gasteiger partial charge in [0.15, 0.2) is 5.96 Å². The summed E-state index contributed by atoms with van der Waals surface area (Å²) in [6.45, 7) is 11.7. The van der Waals surface area contributed by atoms with Crippen LogP contribution in [0.15, 0.2) is 41.4 Å². The SMILES string of the molecule is CCNC(=NCCCN1CCCC(C(N)=O)C1)N1CCN(C/C=C/c2ccccc2)CC1.I. The van der Waals surface area contributed by atoms with E-state index in [2.05, 4.69) is 63.4 Å². The van der Waals surface area contributed by atoms with Crippen LogP contribution in [0.5, 0.6) is 0 Å². The van der Waals surface area contributed by atoms with Crippen molar-refractivity contribution in [2.24, 2.45) is 16.6 Å². The molecule has 8 heteroatoms. The third kappa shape index (κ3) is 9.62. The molecule has 2 saturated heterocycles. The van der Waals surface area contributed by atoms with Crippen LogP contribution in [-0.2, 0) is 4.79 Å². The van der Waals surface area contributed by atoms with Gasteiger partial charge in [-0.25, -0.2) is 0 Å². The van der Waals surface area contributed by atoms with E-state index in [9.17, 15) is 4.79 Å². The summed E-state index contributed by atoms with van der Waals surface area (Å²) in [5.41, 5.74) is 6.75. The predicted octanol–water partition coefficient (Wildman–Crippen LogP) is 2.49. The second kappa shape index (κ2) is 15.3. The summed E-state index contributed by atoms with van der Waals surface area (Å²) in [7, 11) is 0. The topological polar surface area (TPSA) is 77.2 Å². The lowest BCUT2D eigenvalue weighted by atomic mass is 9.97. The number of benzene rings is 1. The molecule has 33 heavy (non-hydrogen) atoms. The van der Waals surface area contributed by atoms with Gasteiger partial charge in [0, 0.05) is 52.4 Å². The van der Waals surface area contributed by atoms with E-state index in [0.717, 1.165) is 90.7 Å². The maximum absolute atomic E-state index is 11.5. The van der Waals surface area contributed by atoms with Crippen LogP contribution in [0.2, 0.25) is 0 Å². The molecule has 1 amide bonds. The number of guanidine groups is 1. The van der Waals surface area contributed by atoms with E-state index >= 15 is 0 Å². The number of nitrogens with one attached hydrogen (secondary N) is 1. The van der Waals surface area contributed by atoms with Crippen LogP contribution < -0.4 is 11.1 Å². The minimum atomic E-state index is -0.156. The molecule has 1 aromatic carbocycles. The van der Waals surface area contributed by atoms with E-state index in [4.69, 9.17) is 10.7 Å². The number of nitrogens with zero attached hydrogens (tertiary/aromatic N) is 4. The molecule has 0 radical (unpaired) electrons.